The van der Waals surface area contributed by atoms with Gasteiger partial charge in [-0.05, 0) is 38.0 Å². The molecule has 0 aliphatic heterocycles. The van der Waals surface area contributed by atoms with Crippen LogP contribution in [0.2, 0.25) is 0 Å². The van der Waals surface area contributed by atoms with Gasteiger partial charge in [0.2, 0.25) is 0 Å². The number of alkyl halides is 1. The zero-order valence-electron chi connectivity index (χ0n) is 9.85. The van der Waals surface area contributed by atoms with Gasteiger partial charge in [0.05, 0.1) is 11.2 Å². The van der Waals surface area contributed by atoms with E-state index in [-0.39, 0.29) is 0 Å². The highest BCUT2D eigenvalue weighted by Crippen LogP contribution is 2.34. The first-order valence-corrected chi connectivity index (χ1v) is 7.04. The van der Waals surface area contributed by atoms with Gasteiger partial charge in [-0.25, -0.2) is 4.98 Å². The van der Waals surface area contributed by atoms with Crippen LogP contribution >= 0.6 is 22.9 Å². The first-order chi connectivity index (χ1) is 7.17. The minimum absolute atomic E-state index is 0.331. The van der Waals surface area contributed by atoms with Gasteiger partial charge in [-0.15, -0.1) is 22.9 Å². The lowest BCUT2D eigenvalue weighted by Gasteiger charge is -2.29. The van der Waals surface area contributed by atoms with Crippen molar-refractivity contribution in [3.63, 3.8) is 0 Å². The topological polar surface area (TPSA) is 12.9 Å². The summed E-state index contributed by atoms with van der Waals surface area (Å²) in [5.41, 5.74) is 3.46. The smallest absolute Gasteiger partial charge is 0.0797 e. The van der Waals surface area contributed by atoms with Gasteiger partial charge in [0.25, 0.3) is 0 Å². The Hall–Kier alpha value is -0.0800. The Morgan fingerprint density at radius 3 is 2.47 bits per heavy atom. The summed E-state index contributed by atoms with van der Waals surface area (Å²) in [7, 11) is 0. The first-order valence-electron chi connectivity index (χ1n) is 5.62. The van der Waals surface area contributed by atoms with Crippen molar-refractivity contribution in [2.24, 2.45) is 5.41 Å². The highest BCUT2D eigenvalue weighted by atomic mass is 35.5. The van der Waals surface area contributed by atoms with Crippen molar-refractivity contribution >= 4 is 22.9 Å². The number of hydrogen-bond donors (Lipinski definition) is 0. The Labute approximate surface area is 102 Å². The number of aryl methyl sites for hydroxylation is 2. The Morgan fingerprint density at radius 1 is 1.40 bits per heavy atom. The molecule has 0 aromatic carbocycles. The molecule has 0 saturated carbocycles. The second-order valence-electron chi connectivity index (χ2n) is 4.20. The van der Waals surface area contributed by atoms with Crippen molar-refractivity contribution in [1.82, 2.24) is 4.98 Å². The summed E-state index contributed by atoms with van der Waals surface area (Å²) in [5, 5.41) is 0. The molecule has 1 heterocycles. The highest BCUT2D eigenvalue weighted by Gasteiger charge is 2.25. The van der Waals surface area contributed by atoms with Crippen LogP contribution < -0.4 is 0 Å². The molecule has 0 aliphatic carbocycles. The molecule has 0 atom stereocenters. The number of aromatic nitrogens is 1. The minimum Gasteiger partial charge on any atom is -0.250 e. The van der Waals surface area contributed by atoms with Gasteiger partial charge in [-0.3, -0.25) is 0 Å². The second kappa shape index (κ2) is 5.86. The van der Waals surface area contributed by atoms with Gasteiger partial charge in [0.15, 0.2) is 0 Å². The summed E-state index contributed by atoms with van der Waals surface area (Å²) in [6.07, 6.45) is 4.66. The molecule has 1 aromatic heterocycles. The Kier molecular flexibility index (Phi) is 5.07. The van der Waals surface area contributed by atoms with Gasteiger partial charge in [-0.2, -0.15) is 0 Å². The van der Waals surface area contributed by atoms with E-state index in [1.54, 1.807) is 11.3 Å². The standard InChI is InChI=1S/C12H20ClNS/c1-4-12(5-2,8-13)7-6-11-10(3)14-9-15-11/h9H,4-8H2,1-3H3. The van der Waals surface area contributed by atoms with Crippen LogP contribution in [0.5, 0.6) is 0 Å². The predicted octanol–water partition coefficient (Wildman–Crippen LogP) is 4.43. The molecule has 0 radical (unpaired) electrons. The molecule has 15 heavy (non-hydrogen) atoms. The first kappa shape index (κ1) is 13.0. The number of hydrogen-bond acceptors (Lipinski definition) is 2. The summed E-state index contributed by atoms with van der Waals surface area (Å²) < 4.78 is 0. The van der Waals surface area contributed by atoms with Gasteiger partial charge in [0.1, 0.15) is 0 Å². The fourth-order valence-corrected chi connectivity index (χ4v) is 3.10. The average Bonchev–Trinajstić information content (AvgIpc) is 2.67. The normalized spacial score (nSPS) is 12.0. The maximum atomic E-state index is 6.09. The van der Waals surface area contributed by atoms with E-state index in [1.165, 1.54) is 29.8 Å². The van der Waals surface area contributed by atoms with E-state index in [0.29, 0.717) is 5.41 Å². The molecular weight excluding hydrogens is 226 g/mol. The lowest BCUT2D eigenvalue weighted by atomic mass is 9.80. The fourth-order valence-electron chi connectivity index (χ4n) is 1.80. The van der Waals surface area contributed by atoms with E-state index >= 15 is 0 Å². The molecular formula is C12H20ClNS. The zero-order chi connectivity index (χ0) is 11.3. The van der Waals surface area contributed by atoms with Crippen molar-refractivity contribution in [3.05, 3.63) is 16.1 Å². The van der Waals surface area contributed by atoms with Gasteiger partial charge < -0.3 is 0 Å². The molecule has 0 bridgehead atoms. The van der Waals surface area contributed by atoms with Crippen LogP contribution in [0.15, 0.2) is 5.51 Å². The van der Waals surface area contributed by atoms with E-state index < -0.39 is 0 Å². The molecule has 1 nitrogen and oxygen atoms in total. The lowest BCUT2D eigenvalue weighted by molar-refractivity contribution is 0.279. The van der Waals surface area contributed by atoms with Crippen molar-refractivity contribution in [2.75, 3.05) is 5.88 Å². The number of thiazole rings is 1. The van der Waals surface area contributed by atoms with E-state index in [2.05, 4.69) is 25.8 Å². The van der Waals surface area contributed by atoms with Crippen LogP contribution in [0.3, 0.4) is 0 Å². The quantitative estimate of drug-likeness (QED) is 0.676. The van der Waals surface area contributed by atoms with Crippen LogP contribution in [0.4, 0.5) is 0 Å². The monoisotopic (exact) mass is 245 g/mol. The van der Waals surface area contributed by atoms with Crippen LogP contribution in [-0.4, -0.2) is 10.9 Å². The minimum atomic E-state index is 0.331. The number of halogens is 1. The summed E-state index contributed by atoms with van der Waals surface area (Å²) in [5.74, 6) is 0.776. The summed E-state index contributed by atoms with van der Waals surface area (Å²) >= 11 is 7.86. The average molecular weight is 246 g/mol. The second-order valence-corrected chi connectivity index (χ2v) is 5.41. The molecule has 0 aliphatic rings. The molecule has 1 aromatic rings. The molecule has 0 unspecified atom stereocenters. The molecule has 3 heteroatoms. The molecule has 0 fully saturated rings. The molecule has 0 N–H and O–H groups in total. The van der Waals surface area contributed by atoms with Crippen molar-refractivity contribution in [1.29, 1.82) is 0 Å². The molecule has 0 amide bonds. The van der Waals surface area contributed by atoms with E-state index in [4.69, 9.17) is 11.6 Å². The van der Waals surface area contributed by atoms with Crippen LogP contribution in [0.25, 0.3) is 0 Å². The summed E-state index contributed by atoms with van der Waals surface area (Å²) in [6.45, 7) is 6.57. The highest BCUT2D eigenvalue weighted by molar-refractivity contribution is 7.09. The maximum Gasteiger partial charge on any atom is 0.0797 e. The van der Waals surface area contributed by atoms with Gasteiger partial charge >= 0.3 is 0 Å². The van der Waals surface area contributed by atoms with E-state index in [9.17, 15) is 0 Å². The van der Waals surface area contributed by atoms with Crippen LogP contribution in [0.1, 0.15) is 43.7 Å². The number of nitrogens with zero attached hydrogens (tertiary/aromatic N) is 1. The Balaban J connectivity index is 2.58. The fraction of sp³-hybridized carbons (Fsp3) is 0.750. The van der Waals surface area contributed by atoms with E-state index in [1.807, 2.05) is 5.51 Å². The predicted molar refractivity (Wildman–Crippen MR) is 68.9 cm³/mol. The third-order valence-corrected chi connectivity index (χ3v) is 5.07. The molecule has 0 saturated heterocycles. The SMILES string of the molecule is CCC(CC)(CCl)CCc1scnc1C. The molecule has 0 spiro atoms. The van der Waals surface area contributed by atoms with Crippen LogP contribution in [-0.2, 0) is 6.42 Å². The Bertz CT molecular complexity index is 283. The number of rotatable bonds is 6. The zero-order valence-corrected chi connectivity index (χ0v) is 11.4. The van der Waals surface area contributed by atoms with Gasteiger partial charge in [0, 0.05) is 10.8 Å². The van der Waals surface area contributed by atoms with E-state index in [0.717, 1.165) is 12.3 Å². The van der Waals surface area contributed by atoms with Crippen molar-refractivity contribution in [3.8, 4) is 0 Å². The van der Waals surface area contributed by atoms with Crippen LogP contribution in [0, 0.1) is 12.3 Å². The third kappa shape index (κ3) is 3.18. The molecule has 1 rings (SSSR count). The maximum absolute atomic E-state index is 6.09. The Morgan fingerprint density at radius 2 is 2.07 bits per heavy atom. The summed E-state index contributed by atoms with van der Waals surface area (Å²) in [6, 6.07) is 0. The van der Waals surface area contributed by atoms with Crippen molar-refractivity contribution < 1.29 is 0 Å². The van der Waals surface area contributed by atoms with Gasteiger partial charge in [-0.1, -0.05) is 13.8 Å². The molecule has 86 valence electrons. The van der Waals surface area contributed by atoms with Crippen molar-refractivity contribution in [2.45, 2.75) is 46.5 Å². The third-order valence-electron chi connectivity index (χ3n) is 3.51. The summed E-state index contributed by atoms with van der Waals surface area (Å²) in [4.78, 5) is 5.70. The lowest BCUT2D eigenvalue weighted by Crippen LogP contribution is -2.21. The largest absolute Gasteiger partial charge is 0.250 e.